The molecule has 0 saturated heterocycles. The number of pyridine rings is 1. The summed E-state index contributed by atoms with van der Waals surface area (Å²) in [6, 6.07) is 17.5. The largest absolute Gasteiger partial charge is 0.497 e. The van der Waals surface area contributed by atoms with Gasteiger partial charge in [-0.25, -0.2) is 0 Å². The fourth-order valence-corrected chi connectivity index (χ4v) is 3.70. The number of benzene rings is 2. The van der Waals surface area contributed by atoms with Gasteiger partial charge >= 0.3 is 0 Å². The van der Waals surface area contributed by atoms with Gasteiger partial charge in [0.25, 0.3) is 5.91 Å². The van der Waals surface area contributed by atoms with E-state index in [0.29, 0.717) is 28.5 Å². The average molecular weight is 422 g/mol. The van der Waals surface area contributed by atoms with Crippen molar-refractivity contribution in [2.24, 2.45) is 0 Å². The smallest absolute Gasteiger partial charge is 0.260 e. The summed E-state index contributed by atoms with van der Waals surface area (Å²) in [6.07, 6.45) is 1.74. The molecule has 0 fully saturated rings. The monoisotopic (exact) mass is 421 g/mol. The molecule has 1 unspecified atom stereocenters. The molecule has 0 aliphatic carbocycles. The molecule has 1 aliphatic rings. The van der Waals surface area contributed by atoms with E-state index < -0.39 is 6.04 Å². The summed E-state index contributed by atoms with van der Waals surface area (Å²) in [4.78, 5) is 31.8. The van der Waals surface area contributed by atoms with E-state index in [1.54, 1.807) is 54.6 Å². The zero-order valence-corrected chi connectivity index (χ0v) is 17.1. The van der Waals surface area contributed by atoms with Gasteiger partial charge in [0, 0.05) is 23.5 Å². The molecular formula is C23H20ClN3O3. The molecular weight excluding hydrogens is 402 g/mol. The maximum atomic E-state index is 13.0. The van der Waals surface area contributed by atoms with Crippen LogP contribution in [0.3, 0.4) is 0 Å². The van der Waals surface area contributed by atoms with Gasteiger partial charge in [-0.05, 0) is 54.1 Å². The minimum absolute atomic E-state index is 0.0996. The minimum Gasteiger partial charge on any atom is -0.497 e. The zero-order valence-electron chi connectivity index (χ0n) is 16.3. The normalized spacial score (nSPS) is 15.1. The molecule has 30 heavy (non-hydrogen) atoms. The first-order valence-corrected chi connectivity index (χ1v) is 9.88. The Bertz CT molecular complexity index is 1090. The number of fused-ring (bicyclic) bond motifs is 1. The topological polar surface area (TPSA) is 71.5 Å². The highest BCUT2D eigenvalue weighted by Gasteiger charge is 2.39. The van der Waals surface area contributed by atoms with Crippen molar-refractivity contribution >= 4 is 29.1 Å². The predicted molar refractivity (Wildman–Crippen MR) is 115 cm³/mol. The van der Waals surface area contributed by atoms with Crippen molar-refractivity contribution in [3.8, 4) is 5.75 Å². The van der Waals surface area contributed by atoms with Gasteiger partial charge in [0.05, 0.1) is 30.8 Å². The summed E-state index contributed by atoms with van der Waals surface area (Å²) in [5.74, 6) is 0.384. The number of aromatic nitrogens is 1. The molecule has 4 rings (SSSR count). The van der Waals surface area contributed by atoms with Crippen LogP contribution < -0.4 is 15.0 Å². The lowest BCUT2D eigenvalue weighted by Crippen LogP contribution is -2.32. The van der Waals surface area contributed by atoms with Gasteiger partial charge < -0.3 is 10.1 Å². The Morgan fingerprint density at radius 1 is 1.17 bits per heavy atom. The second-order valence-electron chi connectivity index (χ2n) is 6.94. The van der Waals surface area contributed by atoms with Crippen LogP contribution in [0.2, 0.25) is 5.02 Å². The Kier molecular flexibility index (Phi) is 5.68. The molecule has 0 saturated carbocycles. The fraction of sp³-hybridized carbons (Fsp3) is 0.174. The van der Waals surface area contributed by atoms with Gasteiger partial charge in [-0.15, -0.1) is 0 Å². The molecule has 0 spiro atoms. The van der Waals surface area contributed by atoms with Crippen LogP contribution in [-0.4, -0.2) is 23.9 Å². The van der Waals surface area contributed by atoms with Gasteiger partial charge in [0.15, 0.2) is 0 Å². The van der Waals surface area contributed by atoms with Crippen molar-refractivity contribution in [3.05, 3.63) is 88.7 Å². The summed E-state index contributed by atoms with van der Waals surface area (Å²) < 4.78 is 5.22. The van der Waals surface area contributed by atoms with E-state index in [1.807, 2.05) is 24.3 Å². The molecule has 1 aliphatic heterocycles. The number of hydrogen-bond acceptors (Lipinski definition) is 4. The Morgan fingerprint density at radius 2 is 1.97 bits per heavy atom. The van der Waals surface area contributed by atoms with Crippen LogP contribution in [0.25, 0.3) is 0 Å². The third kappa shape index (κ3) is 4.00. The van der Waals surface area contributed by atoms with Crippen molar-refractivity contribution in [1.82, 2.24) is 10.3 Å². The number of hydrogen-bond donors (Lipinski definition) is 1. The Hall–Kier alpha value is -3.38. The number of amides is 2. The number of carbonyl (C=O) groups is 2. The number of nitrogens with one attached hydrogen (secondary N) is 1. The van der Waals surface area contributed by atoms with Crippen molar-refractivity contribution in [2.75, 3.05) is 12.0 Å². The Labute approximate surface area is 179 Å². The summed E-state index contributed by atoms with van der Waals surface area (Å²) in [5, 5.41) is 3.50. The van der Waals surface area contributed by atoms with Gasteiger partial charge in [-0.1, -0.05) is 23.7 Å². The van der Waals surface area contributed by atoms with Crippen LogP contribution in [0.1, 0.15) is 34.1 Å². The third-order valence-corrected chi connectivity index (χ3v) is 5.27. The molecule has 2 amide bonds. The predicted octanol–water partition coefficient (Wildman–Crippen LogP) is 4.15. The van der Waals surface area contributed by atoms with Crippen molar-refractivity contribution in [1.29, 1.82) is 0 Å². The highest BCUT2D eigenvalue weighted by Crippen LogP contribution is 2.38. The van der Waals surface area contributed by atoms with E-state index in [-0.39, 0.29) is 18.2 Å². The molecule has 0 radical (unpaired) electrons. The number of anilines is 1. The molecule has 2 aromatic carbocycles. The molecule has 3 aromatic rings. The van der Waals surface area contributed by atoms with Crippen molar-refractivity contribution in [2.45, 2.75) is 19.0 Å². The van der Waals surface area contributed by atoms with E-state index >= 15 is 0 Å². The first kappa shape index (κ1) is 19.9. The average Bonchev–Trinajstić information content (AvgIpc) is 3.05. The Balaban J connectivity index is 1.54. The van der Waals surface area contributed by atoms with Crippen LogP contribution in [0.15, 0.2) is 66.9 Å². The summed E-state index contributed by atoms with van der Waals surface area (Å²) in [7, 11) is 1.60. The highest BCUT2D eigenvalue weighted by atomic mass is 35.5. The van der Waals surface area contributed by atoms with Gasteiger partial charge in [-0.2, -0.15) is 0 Å². The summed E-state index contributed by atoms with van der Waals surface area (Å²) in [5.41, 5.74) is 2.72. The summed E-state index contributed by atoms with van der Waals surface area (Å²) in [6.45, 7) is 0.368. The van der Waals surface area contributed by atoms with Crippen molar-refractivity contribution in [3.63, 3.8) is 0 Å². The van der Waals surface area contributed by atoms with Gasteiger partial charge in [-0.3, -0.25) is 19.5 Å². The van der Waals surface area contributed by atoms with E-state index in [2.05, 4.69) is 10.3 Å². The quantitative estimate of drug-likeness (QED) is 0.649. The molecule has 0 bridgehead atoms. The van der Waals surface area contributed by atoms with Crippen LogP contribution in [0, 0.1) is 0 Å². The van der Waals surface area contributed by atoms with Crippen LogP contribution >= 0.6 is 11.6 Å². The molecule has 1 atom stereocenters. The number of rotatable bonds is 6. The second-order valence-corrected chi connectivity index (χ2v) is 7.37. The highest BCUT2D eigenvalue weighted by molar-refractivity contribution is 6.30. The molecule has 1 aromatic heterocycles. The zero-order chi connectivity index (χ0) is 21.1. The Morgan fingerprint density at radius 3 is 2.73 bits per heavy atom. The third-order valence-electron chi connectivity index (χ3n) is 5.02. The number of ether oxygens (including phenoxy) is 1. The van der Waals surface area contributed by atoms with Crippen molar-refractivity contribution < 1.29 is 14.3 Å². The number of methoxy groups -OCH3 is 1. The van der Waals surface area contributed by atoms with Crippen LogP contribution in [0.5, 0.6) is 5.75 Å². The second kappa shape index (κ2) is 8.55. The first-order chi connectivity index (χ1) is 14.6. The van der Waals surface area contributed by atoms with Crippen LogP contribution in [-0.2, 0) is 11.3 Å². The maximum absolute atomic E-state index is 13.0. The van der Waals surface area contributed by atoms with Gasteiger partial charge in [0.1, 0.15) is 5.75 Å². The molecule has 152 valence electrons. The molecule has 2 heterocycles. The maximum Gasteiger partial charge on any atom is 0.260 e. The van der Waals surface area contributed by atoms with E-state index in [1.165, 1.54) is 0 Å². The molecule has 7 heteroatoms. The lowest BCUT2D eigenvalue weighted by Gasteiger charge is -2.24. The number of halogens is 1. The van der Waals surface area contributed by atoms with E-state index in [4.69, 9.17) is 16.3 Å². The lowest BCUT2D eigenvalue weighted by molar-refractivity contribution is -0.121. The summed E-state index contributed by atoms with van der Waals surface area (Å²) >= 11 is 6.00. The first-order valence-electron chi connectivity index (χ1n) is 9.50. The van der Waals surface area contributed by atoms with Gasteiger partial charge in [0.2, 0.25) is 5.91 Å². The number of carbonyl (C=O) groups excluding carboxylic acids is 2. The standard InChI is InChI=1S/C23H20ClN3O3/c1-30-18-5-2-4-15(12-18)14-26-21(28)13-20-22-19(6-3-11-25-22)23(29)27(20)17-9-7-16(24)8-10-17/h2-12,20H,13-14H2,1H3,(H,26,28). The minimum atomic E-state index is -0.486. The van der Waals surface area contributed by atoms with Crippen LogP contribution in [0.4, 0.5) is 5.69 Å². The molecule has 1 N–H and O–H groups in total. The van der Waals surface area contributed by atoms with E-state index in [9.17, 15) is 9.59 Å². The van der Waals surface area contributed by atoms with E-state index in [0.717, 1.165) is 11.3 Å². The fourth-order valence-electron chi connectivity index (χ4n) is 3.58. The lowest BCUT2D eigenvalue weighted by atomic mass is 10.1. The number of nitrogens with zero attached hydrogens (tertiary/aromatic N) is 2. The SMILES string of the molecule is COc1cccc(CNC(=O)CC2c3ncccc3C(=O)N2c2ccc(Cl)cc2)c1. The molecule has 6 nitrogen and oxygen atoms in total.